The average Bonchev–Trinajstić information content (AvgIpc) is 2.72. The molecule has 4 nitrogen and oxygen atoms in total. The number of hydrogen-bond donors (Lipinski definition) is 3. The van der Waals surface area contributed by atoms with Crippen LogP contribution in [0.3, 0.4) is 0 Å². The Morgan fingerprint density at radius 3 is 1.55 bits per heavy atom. The molecule has 0 radical (unpaired) electrons. The smallest absolute Gasteiger partial charge is 0.220 e. The molecule has 0 fully saturated rings. The van der Waals surface area contributed by atoms with Gasteiger partial charge in [-0.3, -0.25) is 4.79 Å². The molecular formula is C25H51NO3. The maximum atomic E-state index is 11.9. The van der Waals surface area contributed by atoms with Crippen molar-refractivity contribution in [3.63, 3.8) is 0 Å². The van der Waals surface area contributed by atoms with Gasteiger partial charge in [0.15, 0.2) is 0 Å². The summed E-state index contributed by atoms with van der Waals surface area (Å²) in [5.74, 6) is -0.0579. The van der Waals surface area contributed by atoms with Crippen molar-refractivity contribution in [3.05, 3.63) is 0 Å². The third kappa shape index (κ3) is 19.1. The molecule has 0 aliphatic rings. The monoisotopic (exact) mass is 413 g/mol. The maximum absolute atomic E-state index is 11.9. The number of aliphatic hydroxyl groups is 2. The fourth-order valence-electron chi connectivity index (χ4n) is 3.83. The highest BCUT2D eigenvalue weighted by molar-refractivity contribution is 5.76. The van der Waals surface area contributed by atoms with Crippen LogP contribution in [0.1, 0.15) is 136 Å². The summed E-state index contributed by atoms with van der Waals surface area (Å²) in [6.45, 7) is 4.18. The number of nitrogens with one attached hydrogen (secondary N) is 1. The van der Waals surface area contributed by atoms with E-state index in [1.165, 1.54) is 77.0 Å². The summed E-state index contributed by atoms with van der Waals surface area (Å²) in [5.41, 5.74) is 0. The van der Waals surface area contributed by atoms with Crippen molar-refractivity contribution in [3.8, 4) is 0 Å². The number of unbranched alkanes of at least 4 members (excludes halogenated alkanes) is 15. The van der Waals surface area contributed by atoms with Crippen LogP contribution in [0.5, 0.6) is 0 Å². The van der Waals surface area contributed by atoms with Gasteiger partial charge in [0.25, 0.3) is 0 Å². The molecule has 1 amide bonds. The first-order valence-electron chi connectivity index (χ1n) is 12.7. The molecule has 3 N–H and O–H groups in total. The van der Waals surface area contributed by atoms with Crippen LogP contribution >= 0.6 is 0 Å². The molecule has 0 heterocycles. The first-order chi connectivity index (χ1) is 14.2. The second kappa shape index (κ2) is 22.1. The van der Waals surface area contributed by atoms with Crippen LogP contribution in [0, 0.1) is 0 Å². The molecule has 4 heteroatoms. The standard InChI is InChI=1S/C25H51NO3/c1-3-5-7-8-9-10-11-12-13-14-15-16-17-19-20-24(28)23(22-27)26-25(29)21-18-6-4-2/h23-24,27-28H,3-22H2,1-2H3,(H,26,29). The van der Waals surface area contributed by atoms with Crippen molar-refractivity contribution in [1.29, 1.82) is 0 Å². The van der Waals surface area contributed by atoms with Gasteiger partial charge >= 0.3 is 0 Å². The molecule has 2 atom stereocenters. The Balaban J connectivity index is 3.50. The van der Waals surface area contributed by atoms with E-state index in [-0.39, 0.29) is 12.5 Å². The van der Waals surface area contributed by atoms with Crippen molar-refractivity contribution < 1.29 is 15.0 Å². The number of amides is 1. The zero-order valence-electron chi connectivity index (χ0n) is 19.6. The summed E-state index contributed by atoms with van der Waals surface area (Å²) >= 11 is 0. The predicted molar refractivity (Wildman–Crippen MR) is 124 cm³/mol. The highest BCUT2D eigenvalue weighted by Gasteiger charge is 2.19. The van der Waals surface area contributed by atoms with E-state index in [4.69, 9.17) is 0 Å². The Labute approximate surface area is 181 Å². The molecule has 0 aromatic heterocycles. The molecule has 174 valence electrons. The largest absolute Gasteiger partial charge is 0.394 e. The highest BCUT2D eigenvalue weighted by Crippen LogP contribution is 2.14. The summed E-state index contributed by atoms with van der Waals surface area (Å²) in [7, 11) is 0. The zero-order chi connectivity index (χ0) is 21.6. The second-order valence-corrected chi connectivity index (χ2v) is 8.77. The molecule has 0 bridgehead atoms. The Morgan fingerprint density at radius 2 is 1.10 bits per heavy atom. The first kappa shape index (κ1) is 28.4. The van der Waals surface area contributed by atoms with E-state index in [1.807, 2.05) is 0 Å². The van der Waals surface area contributed by atoms with Crippen LogP contribution < -0.4 is 5.32 Å². The minimum absolute atomic E-state index is 0.0579. The molecule has 0 saturated carbocycles. The molecule has 0 spiro atoms. The topological polar surface area (TPSA) is 69.6 Å². The van der Waals surface area contributed by atoms with Crippen LogP contribution in [-0.4, -0.2) is 34.9 Å². The number of rotatable bonds is 22. The summed E-state index contributed by atoms with van der Waals surface area (Å²) in [6.07, 6.45) is 21.9. The lowest BCUT2D eigenvalue weighted by atomic mass is 10.0. The Hall–Kier alpha value is -0.610. The van der Waals surface area contributed by atoms with Gasteiger partial charge in [0.1, 0.15) is 0 Å². The van der Waals surface area contributed by atoms with Crippen LogP contribution in [0.2, 0.25) is 0 Å². The number of carbonyl (C=O) groups is 1. The third-order valence-corrected chi connectivity index (χ3v) is 5.87. The Kier molecular flexibility index (Phi) is 21.6. The summed E-state index contributed by atoms with van der Waals surface area (Å²) in [5, 5.41) is 22.5. The molecule has 0 aromatic rings. The van der Waals surface area contributed by atoms with Crippen molar-refractivity contribution in [1.82, 2.24) is 5.32 Å². The maximum Gasteiger partial charge on any atom is 0.220 e. The van der Waals surface area contributed by atoms with Crippen LogP contribution in [0.15, 0.2) is 0 Å². The number of hydrogen-bond acceptors (Lipinski definition) is 3. The van der Waals surface area contributed by atoms with Crippen molar-refractivity contribution in [2.24, 2.45) is 0 Å². The Bertz CT molecular complexity index is 349. The summed E-state index contributed by atoms with van der Waals surface area (Å²) in [6, 6.07) is -0.522. The Morgan fingerprint density at radius 1 is 0.690 bits per heavy atom. The van der Waals surface area contributed by atoms with E-state index < -0.39 is 12.1 Å². The van der Waals surface area contributed by atoms with Crippen molar-refractivity contribution in [2.75, 3.05) is 6.61 Å². The average molecular weight is 414 g/mol. The van der Waals surface area contributed by atoms with Crippen LogP contribution in [0.25, 0.3) is 0 Å². The molecular weight excluding hydrogens is 362 g/mol. The van der Waals surface area contributed by atoms with Crippen LogP contribution in [-0.2, 0) is 4.79 Å². The van der Waals surface area contributed by atoms with Crippen molar-refractivity contribution in [2.45, 2.75) is 148 Å². The van der Waals surface area contributed by atoms with E-state index in [0.29, 0.717) is 12.8 Å². The zero-order valence-corrected chi connectivity index (χ0v) is 19.6. The van der Waals surface area contributed by atoms with Gasteiger partial charge in [0.2, 0.25) is 5.91 Å². The molecule has 29 heavy (non-hydrogen) atoms. The second-order valence-electron chi connectivity index (χ2n) is 8.77. The minimum Gasteiger partial charge on any atom is -0.394 e. The molecule has 0 aliphatic carbocycles. The predicted octanol–water partition coefficient (Wildman–Crippen LogP) is 6.28. The van der Waals surface area contributed by atoms with E-state index in [9.17, 15) is 15.0 Å². The third-order valence-electron chi connectivity index (χ3n) is 5.87. The number of aliphatic hydroxyl groups excluding tert-OH is 2. The van der Waals surface area contributed by atoms with Gasteiger partial charge in [-0.05, 0) is 12.8 Å². The lowest BCUT2D eigenvalue weighted by molar-refractivity contribution is -0.123. The van der Waals surface area contributed by atoms with Gasteiger partial charge in [-0.1, -0.05) is 117 Å². The van der Waals surface area contributed by atoms with Gasteiger partial charge in [-0.15, -0.1) is 0 Å². The normalized spacial score (nSPS) is 13.4. The first-order valence-corrected chi connectivity index (χ1v) is 12.7. The van der Waals surface area contributed by atoms with Gasteiger partial charge in [0, 0.05) is 6.42 Å². The van der Waals surface area contributed by atoms with Crippen molar-refractivity contribution >= 4 is 5.91 Å². The van der Waals surface area contributed by atoms with Gasteiger partial charge in [-0.25, -0.2) is 0 Å². The van der Waals surface area contributed by atoms with Crippen LogP contribution in [0.4, 0.5) is 0 Å². The fraction of sp³-hybridized carbons (Fsp3) is 0.960. The molecule has 0 saturated heterocycles. The molecule has 2 unspecified atom stereocenters. The highest BCUT2D eigenvalue weighted by atomic mass is 16.3. The SMILES string of the molecule is CCCCCCCCCCCCCCCCC(O)C(CO)NC(=O)CCCCC. The van der Waals surface area contributed by atoms with E-state index in [2.05, 4.69) is 19.2 Å². The van der Waals surface area contributed by atoms with E-state index in [1.54, 1.807) is 0 Å². The minimum atomic E-state index is -0.646. The van der Waals surface area contributed by atoms with Gasteiger partial charge in [-0.2, -0.15) is 0 Å². The lowest BCUT2D eigenvalue weighted by Gasteiger charge is -2.22. The summed E-state index contributed by atoms with van der Waals surface area (Å²) in [4.78, 5) is 11.9. The molecule has 0 rings (SSSR count). The van der Waals surface area contributed by atoms with Gasteiger partial charge < -0.3 is 15.5 Å². The fourth-order valence-corrected chi connectivity index (χ4v) is 3.83. The molecule has 0 aliphatic heterocycles. The van der Waals surface area contributed by atoms with E-state index >= 15 is 0 Å². The van der Waals surface area contributed by atoms with Gasteiger partial charge in [0.05, 0.1) is 18.8 Å². The van der Waals surface area contributed by atoms with E-state index in [0.717, 1.165) is 32.1 Å². The summed E-state index contributed by atoms with van der Waals surface area (Å²) < 4.78 is 0. The molecule has 0 aromatic carbocycles. The lowest BCUT2D eigenvalue weighted by Crippen LogP contribution is -2.45. The number of carbonyl (C=O) groups excluding carboxylic acids is 1. The quantitative estimate of drug-likeness (QED) is 0.183.